The van der Waals surface area contributed by atoms with Crippen LogP contribution in [0, 0.1) is 18.8 Å². The monoisotopic (exact) mass is 360 g/mol. The van der Waals surface area contributed by atoms with Crippen LogP contribution in [0.1, 0.15) is 49.5 Å². The van der Waals surface area contributed by atoms with Crippen molar-refractivity contribution in [1.82, 2.24) is 10.2 Å². The molecule has 3 unspecified atom stereocenters. The lowest BCUT2D eigenvalue weighted by molar-refractivity contribution is -0.143. The zero-order valence-corrected chi connectivity index (χ0v) is 15.9. The Morgan fingerprint density at radius 2 is 1.92 bits per heavy atom. The van der Waals surface area contributed by atoms with E-state index in [1.54, 1.807) is 24.0 Å². The number of benzene rings is 1. The first-order valence-corrected chi connectivity index (χ1v) is 9.12. The Kier molecular flexibility index (Phi) is 6.40. The zero-order chi connectivity index (χ0) is 19.4. The third-order valence-electron chi connectivity index (χ3n) is 5.06. The molecule has 1 saturated heterocycles. The molecule has 2 amide bonds. The van der Waals surface area contributed by atoms with E-state index in [4.69, 9.17) is 0 Å². The van der Waals surface area contributed by atoms with E-state index in [2.05, 4.69) is 5.32 Å². The first-order valence-electron chi connectivity index (χ1n) is 9.12. The normalized spacial score (nSPS) is 20.9. The fourth-order valence-electron chi connectivity index (χ4n) is 3.54. The van der Waals surface area contributed by atoms with Gasteiger partial charge in [0.15, 0.2) is 0 Å². The number of aryl methyl sites for hydroxylation is 1. The quantitative estimate of drug-likeness (QED) is 0.816. The summed E-state index contributed by atoms with van der Waals surface area (Å²) in [5.41, 5.74) is 1.40. The van der Waals surface area contributed by atoms with Crippen molar-refractivity contribution in [2.45, 2.75) is 52.6 Å². The van der Waals surface area contributed by atoms with Crippen LogP contribution in [-0.2, 0) is 9.59 Å². The van der Waals surface area contributed by atoms with Crippen molar-refractivity contribution >= 4 is 17.8 Å². The molecule has 1 aliphatic rings. The van der Waals surface area contributed by atoms with Gasteiger partial charge in [0.05, 0.1) is 5.92 Å². The van der Waals surface area contributed by atoms with Gasteiger partial charge in [-0.15, -0.1) is 0 Å². The average Bonchev–Trinajstić information content (AvgIpc) is 2.95. The van der Waals surface area contributed by atoms with E-state index in [0.717, 1.165) is 5.56 Å². The molecule has 1 aromatic carbocycles. The second-order valence-corrected chi connectivity index (χ2v) is 7.48. The van der Waals surface area contributed by atoms with Gasteiger partial charge < -0.3 is 15.3 Å². The molecule has 0 aromatic heterocycles. The lowest BCUT2D eigenvalue weighted by Crippen LogP contribution is -2.51. The van der Waals surface area contributed by atoms with Gasteiger partial charge >= 0.3 is 5.97 Å². The molecule has 2 N–H and O–H groups in total. The number of hydrogen-bond acceptors (Lipinski definition) is 3. The molecule has 142 valence electrons. The van der Waals surface area contributed by atoms with Gasteiger partial charge in [-0.25, -0.2) is 0 Å². The number of carboxylic acid groups (broad SMARTS) is 1. The van der Waals surface area contributed by atoms with Crippen LogP contribution in [0.3, 0.4) is 0 Å². The molecular weight excluding hydrogens is 332 g/mol. The van der Waals surface area contributed by atoms with Crippen LogP contribution in [-0.4, -0.2) is 46.4 Å². The summed E-state index contributed by atoms with van der Waals surface area (Å²) in [6.07, 6.45) is 0.958. The smallest absolute Gasteiger partial charge is 0.308 e. The number of likely N-dealkylation sites (tertiary alicyclic amines) is 1. The number of carbonyl (C=O) groups is 3. The van der Waals surface area contributed by atoms with Crippen molar-refractivity contribution in [3.05, 3.63) is 35.4 Å². The van der Waals surface area contributed by atoms with Gasteiger partial charge in [-0.2, -0.15) is 0 Å². The van der Waals surface area contributed by atoms with Crippen molar-refractivity contribution in [2.75, 3.05) is 6.54 Å². The van der Waals surface area contributed by atoms with E-state index in [-0.39, 0.29) is 23.8 Å². The Labute approximate surface area is 154 Å². The van der Waals surface area contributed by atoms with Crippen molar-refractivity contribution in [1.29, 1.82) is 0 Å². The van der Waals surface area contributed by atoms with E-state index in [1.807, 2.05) is 32.9 Å². The Balaban J connectivity index is 2.17. The first-order chi connectivity index (χ1) is 12.2. The number of carbonyl (C=O) groups excluding carboxylic acids is 2. The van der Waals surface area contributed by atoms with Gasteiger partial charge in [0, 0.05) is 18.2 Å². The predicted molar refractivity (Wildman–Crippen MR) is 98.8 cm³/mol. The van der Waals surface area contributed by atoms with Crippen LogP contribution in [0.4, 0.5) is 0 Å². The third-order valence-corrected chi connectivity index (χ3v) is 5.06. The minimum atomic E-state index is -0.878. The summed E-state index contributed by atoms with van der Waals surface area (Å²) in [6.45, 7) is 8.01. The Morgan fingerprint density at radius 1 is 1.27 bits per heavy atom. The minimum Gasteiger partial charge on any atom is -0.481 e. The standard InChI is InChI=1S/C20H28N2O4/c1-12(2)11-17(21-18(23)15-8-6-5-7-13(15)3)19(24)22-10-9-16(14(22)4)20(25)26/h5-8,12,14,16-17H,9-11H2,1-4H3,(H,21,23)(H,25,26). The first kappa shape index (κ1) is 19.9. The highest BCUT2D eigenvalue weighted by Crippen LogP contribution is 2.26. The lowest BCUT2D eigenvalue weighted by atomic mass is 9.99. The Hall–Kier alpha value is -2.37. The van der Waals surface area contributed by atoms with Gasteiger partial charge in [-0.1, -0.05) is 32.0 Å². The number of nitrogens with one attached hydrogen (secondary N) is 1. The maximum Gasteiger partial charge on any atom is 0.308 e. The van der Waals surface area contributed by atoms with Gasteiger partial charge in [-0.3, -0.25) is 14.4 Å². The van der Waals surface area contributed by atoms with Crippen molar-refractivity contribution < 1.29 is 19.5 Å². The number of hydrogen-bond donors (Lipinski definition) is 2. The number of amides is 2. The van der Waals surface area contributed by atoms with Gasteiger partial charge in [0.1, 0.15) is 6.04 Å². The van der Waals surface area contributed by atoms with E-state index in [9.17, 15) is 19.5 Å². The van der Waals surface area contributed by atoms with Gasteiger partial charge in [0.2, 0.25) is 5.91 Å². The van der Waals surface area contributed by atoms with E-state index < -0.39 is 17.9 Å². The highest BCUT2D eigenvalue weighted by atomic mass is 16.4. The summed E-state index contributed by atoms with van der Waals surface area (Å²) >= 11 is 0. The van der Waals surface area contributed by atoms with E-state index in [1.165, 1.54) is 0 Å². The third kappa shape index (κ3) is 4.42. The lowest BCUT2D eigenvalue weighted by Gasteiger charge is -2.29. The molecule has 26 heavy (non-hydrogen) atoms. The topological polar surface area (TPSA) is 86.7 Å². The van der Waals surface area contributed by atoms with Gasteiger partial charge in [0.25, 0.3) is 5.91 Å². The van der Waals surface area contributed by atoms with Crippen LogP contribution in [0.15, 0.2) is 24.3 Å². The molecular formula is C20H28N2O4. The Bertz CT molecular complexity index is 686. The van der Waals surface area contributed by atoms with Crippen LogP contribution >= 0.6 is 0 Å². The number of rotatable bonds is 6. The summed E-state index contributed by atoms with van der Waals surface area (Å²) in [5, 5.41) is 12.2. The van der Waals surface area contributed by atoms with Crippen LogP contribution in [0.5, 0.6) is 0 Å². The maximum absolute atomic E-state index is 13.0. The van der Waals surface area contributed by atoms with Crippen LogP contribution in [0.2, 0.25) is 0 Å². The largest absolute Gasteiger partial charge is 0.481 e. The van der Waals surface area contributed by atoms with Gasteiger partial charge in [-0.05, 0) is 44.2 Å². The van der Waals surface area contributed by atoms with E-state index >= 15 is 0 Å². The van der Waals surface area contributed by atoms with Crippen LogP contribution in [0.25, 0.3) is 0 Å². The van der Waals surface area contributed by atoms with Crippen molar-refractivity contribution in [3.8, 4) is 0 Å². The van der Waals surface area contributed by atoms with Crippen molar-refractivity contribution in [3.63, 3.8) is 0 Å². The number of nitrogens with zero attached hydrogens (tertiary/aromatic N) is 1. The molecule has 1 heterocycles. The molecule has 0 radical (unpaired) electrons. The SMILES string of the molecule is Cc1ccccc1C(=O)NC(CC(C)C)C(=O)N1CCC(C(=O)O)C1C. The predicted octanol–water partition coefficient (Wildman–Crippen LogP) is 2.46. The summed E-state index contributed by atoms with van der Waals surface area (Å²) in [6, 6.07) is 6.22. The number of aliphatic carboxylic acids is 1. The summed E-state index contributed by atoms with van der Waals surface area (Å²) in [4.78, 5) is 38.6. The number of carboxylic acids is 1. The molecule has 6 heteroatoms. The molecule has 0 bridgehead atoms. The minimum absolute atomic E-state index is 0.197. The molecule has 0 aliphatic carbocycles. The summed E-state index contributed by atoms with van der Waals surface area (Å²) in [7, 11) is 0. The second-order valence-electron chi connectivity index (χ2n) is 7.48. The van der Waals surface area contributed by atoms with Crippen molar-refractivity contribution in [2.24, 2.45) is 11.8 Å². The molecule has 1 aliphatic heterocycles. The molecule has 6 nitrogen and oxygen atoms in total. The molecule has 1 aromatic rings. The fourth-order valence-corrected chi connectivity index (χ4v) is 3.54. The molecule has 1 fully saturated rings. The molecule has 0 spiro atoms. The zero-order valence-electron chi connectivity index (χ0n) is 15.9. The Morgan fingerprint density at radius 3 is 2.46 bits per heavy atom. The van der Waals surface area contributed by atoms with E-state index in [0.29, 0.717) is 24.9 Å². The highest BCUT2D eigenvalue weighted by Gasteiger charge is 2.40. The summed E-state index contributed by atoms with van der Waals surface area (Å²) < 4.78 is 0. The molecule has 3 atom stereocenters. The fraction of sp³-hybridized carbons (Fsp3) is 0.550. The average molecular weight is 360 g/mol. The maximum atomic E-state index is 13.0. The second kappa shape index (κ2) is 8.34. The highest BCUT2D eigenvalue weighted by molar-refractivity contribution is 5.98. The van der Waals surface area contributed by atoms with Crippen LogP contribution < -0.4 is 5.32 Å². The molecule has 0 saturated carbocycles. The summed E-state index contributed by atoms with van der Waals surface area (Å²) in [5.74, 6) is -1.68. The molecule has 2 rings (SSSR count).